The molecule has 0 spiro atoms. The predicted molar refractivity (Wildman–Crippen MR) is 119 cm³/mol. The Labute approximate surface area is 183 Å². The summed E-state index contributed by atoms with van der Waals surface area (Å²) in [6.45, 7) is 2.25. The zero-order chi connectivity index (χ0) is 22.4. The first kappa shape index (κ1) is 22.7. The van der Waals surface area contributed by atoms with Crippen molar-refractivity contribution in [2.75, 3.05) is 26.4 Å². The molecule has 1 unspecified atom stereocenters. The van der Waals surface area contributed by atoms with E-state index >= 15 is 0 Å². The van der Waals surface area contributed by atoms with Gasteiger partial charge < -0.3 is 14.7 Å². The van der Waals surface area contributed by atoms with Gasteiger partial charge in [0.15, 0.2) is 21.3 Å². The Kier molecular flexibility index (Phi) is 7.25. The Balaban J connectivity index is 1.68. The van der Waals surface area contributed by atoms with Crippen molar-refractivity contribution in [3.8, 4) is 11.3 Å². The Morgan fingerprint density at radius 3 is 2.39 bits per heavy atom. The molecule has 31 heavy (non-hydrogen) atoms. The Bertz CT molecular complexity index is 1110. The normalized spacial score (nSPS) is 12.6. The van der Waals surface area contributed by atoms with Gasteiger partial charge in [-0.1, -0.05) is 42.4 Å². The van der Waals surface area contributed by atoms with Crippen molar-refractivity contribution < 1.29 is 17.7 Å². The second-order valence-electron chi connectivity index (χ2n) is 7.52. The lowest BCUT2D eigenvalue weighted by Crippen LogP contribution is -2.34. The van der Waals surface area contributed by atoms with Crippen molar-refractivity contribution in [1.82, 2.24) is 15.4 Å². The molecule has 1 aromatic heterocycles. The monoisotopic (exact) mass is 441 g/mol. The lowest BCUT2D eigenvalue weighted by Gasteiger charge is -2.24. The summed E-state index contributed by atoms with van der Waals surface area (Å²) in [6, 6.07) is 17.9. The van der Waals surface area contributed by atoms with Gasteiger partial charge in [0, 0.05) is 18.2 Å². The van der Waals surface area contributed by atoms with Crippen LogP contribution in [0.4, 0.5) is 0 Å². The summed E-state index contributed by atoms with van der Waals surface area (Å²) in [7, 11) is 0.644. The van der Waals surface area contributed by atoms with Crippen LogP contribution in [0.3, 0.4) is 0 Å². The molecule has 0 bridgehead atoms. The van der Waals surface area contributed by atoms with Gasteiger partial charge in [0.1, 0.15) is 0 Å². The van der Waals surface area contributed by atoms with Gasteiger partial charge in [0.25, 0.3) is 5.91 Å². The van der Waals surface area contributed by atoms with Gasteiger partial charge in [-0.2, -0.15) is 0 Å². The van der Waals surface area contributed by atoms with Crippen molar-refractivity contribution in [3.05, 3.63) is 71.9 Å². The third kappa shape index (κ3) is 5.59. The van der Waals surface area contributed by atoms with Crippen LogP contribution >= 0.6 is 0 Å². The number of sulfone groups is 1. The van der Waals surface area contributed by atoms with E-state index in [0.29, 0.717) is 24.3 Å². The zero-order valence-corrected chi connectivity index (χ0v) is 18.7. The molecule has 0 aliphatic carbocycles. The summed E-state index contributed by atoms with van der Waals surface area (Å²) in [5.74, 6) is 0.173. The van der Waals surface area contributed by atoms with E-state index in [2.05, 4.69) is 10.5 Å². The number of hydrogen-bond donors (Lipinski definition) is 1. The first-order valence-corrected chi connectivity index (χ1v) is 11.8. The van der Waals surface area contributed by atoms with Crippen LogP contribution in [0.1, 0.15) is 35.4 Å². The smallest absolute Gasteiger partial charge is 0.273 e. The molecule has 0 fully saturated rings. The first-order chi connectivity index (χ1) is 14.8. The van der Waals surface area contributed by atoms with E-state index in [4.69, 9.17) is 4.52 Å². The Morgan fingerprint density at radius 2 is 1.77 bits per heavy atom. The molecule has 7 nitrogen and oxygen atoms in total. The molecule has 1 atom stereocenters. The minimum atomic E-state index is -3.28. The molecule has 0 radical (unpaired) electrons. The van der Waals surface area contributed by atoms with Crippen LogP contribution in [0, 0.1) is 0 Å². The highest BCUT2D eigenvalue weighted by molar-refractivity contribution is 7.91. The summed E-state index contributed by atoms with van der Waals surface area (Å²) < 4.78 is 29.6. The number of amides is 1. The van der Waals surface area contributed by atoms with E-state index in [1.54, 1.807) is 30.3 Å². The number of nitrogens with zero attached hydrogens (tertiary/aromatic N) is 2. The summed E-state index contributed by atoms with van der Waals surface area (Å²) >= 11 is 0. The number of rotatable bonds is 9. The molecule has 0 aliphatic heterocycles. The number of carbonyl (C=O) groups excluding carboxylic acids is 1. The van der Waals surface area contributed by atoms with Crippen LogP contribution in [-0.2, 0) is 9.84 Å². The third-order valence-electron chi connectivity index (χ3n) is 4.98. The Hall–Kier alpha value is -2.97. The quantitative estimate of drug-likeness (QED) is 0.546. The summed E-state index contributed by atoms with van der Waals surface area (Å²) in [6.07, 6.45) is 0.559. The molecule has 164 valence electrons. The van der Waals surface area contributed by atoms with Crippen LogP contribution in [0.2, 0.25) is 0 Å². The minimum absolute atomic E-state index is 0.0223. The zero-order valence-electron chi connectivity index (χ0n) is 17.9. The number of likely N-dealkylation sites (N-methyl/N-ethyl adjacent to an activating group) is 1. The molecule has 8 heteroatoms. The molecule has 3 rings (SSSR count). The SMILES string of the molecule is CCCS(=O)(=O)c1ccc(-c2cc(C(=O)NCC(c3ccccc3)N(C)C)no2)cc1. The van der Waals surface area contributed by atoms with Gasteiger partial charge in [-0.05, 0) is 50.3 Å². The van der Waals surface area contributed by atoms with Gasteiger partial charge >= 0.3 is 0 Å². The van der Waals surface area contributed by atoms with Gasteiger partial charge in [0.05, 0.1) is 16.7 Å². The predicted octanol–water partition coefficient (Wildman–Crippen LogP) is 3.56. The highest BCUT2D eigenvalue weighted by atomic mass is 32.2. The van der Waals surface area contributed by atoms with Crippen LogP contribution in [-0.4, -0.2) is 50.8 Å². The van der Waals surface area contributed by atoms with Crippen LogP contribution in [0.25, 0.3) is 11.3 Å². The average Bonchev–Trinajstić information content (AvgIpc) is 3.25. The largest absolute Gasteiger partial charge is 0.355 e. The summed E-state index contributed by atoms with van der Waals surface area (Å²) in [5, 5.41) is 6.77. The fraction of sp³-hybridized carbons (Fsp3) is 0.304. The maximum Gasteiger partial charge on any atom is 0.273 e. The lowest BCUT2D eigenvalue weighted by atomic mass is 10.1. The summed E-state index contributed by atoms with van der Waals surface area (Å²) in [5.41, 5.74) is 1.92. The second kappa shape index (κ2) is 9.89. The minimum Gasteiger partial charge on any atom is -0.355 e. The van der Waals surface area contributed by atoms with Crippen LogP contribution < -0.4 is 5.32 Å². The number of benzene rings is 2. The van der Waals surface area contributed by atoms with E-state index in [0.717, 1.165) is 5.56 Å². The van der Waals surface area contributed by atoms with Gasteiger partial charge in [-0.3, -0.25) is 4.79 Å². The molecule has 2 aromatic carbocycles. The van der Waals surface area contributed by atoms with Crippen molar-refractivity contribution in [1.29, 1.82) is 0 Å². The van der Waals surface area contributed by atoms with E-state index in [9.17, 15) is 13.2 Å². The first-order valence-electron chi connectivity index (χ1n) is 10.1. The molecule has 1 N–H and O–H groups in total. The fourth-order valence-corrected chi connectivity index (χ4v) is 4.61. The average molecular weight is 442 g/mol. The molecule has 3 aromatic rings. The van der Waals surface area contributed by atoms with Gasteiger partial charge in [-0.25, -0.2) is 8.42 Å². The maximum atomic E-state index is 12.6. The fourth-order valence-electron chi connectivity index (χ4n) is 3.29. The van der Waals surface area contributed by atoms with Crippen LogP contribution in [0.5, 0.6) is 0 Å². The van der Waals surface area contributed by atoms with E-state index < -0.39 is 9.84 Å². The number of hydrogen-bond acceptors (Lipinski definition) is 6. The molecule has 0 aliphatic rings. The van der Waals surface area contributed by atoms with Gasteiger partial charge in [0.2, 0.25) is 0 Å². The van der Waals surface area contributed by atoms with Crippen molar-refractivity contribution in [3.63, 3.8) is 0 Å². The lowest BCUT2D eigenvalue weighted by molar-refractivity contribution is 0.0933. The highest BCUT2D eigenvalue weighted by Crippen LogP contribution is 2.23. The number of carbonyl (C=O) groups is 1. The molecule has 0 saturated heterocycles. The van der Waals surface area contributed by atoms with Crippen LogP contribution in [0.15, 0.2) is 70.1 Å². The van der Waals surface area contributed by atoms with Gasteiger partial charge in [-0.15, -0.1) is 0 Å². The Morgan fingerprint density at radius 1 is 1.10 bits per heavy atom. The molecule has 1 amide bonds. The van der Waals surface area contributed by atoms with E-state index in [-0.39, 0.29) is 28.3 Å². The molecular formula is C23H27N3O4S. The second-order valence-corrected chi connectivity index (χ2v) is 9.63. The summed E-state index contributed by atoms with van der Waals surface area (Å²) in [4.78, 5) is 14.9. The van der Waals surface area contributed by atoms with Crippen molar-refractivity contribution in [2.24, 2.45) is 0 Å². The molecular weight excluding hydrogens is 414 g/mol. The van der Waals surface area contributed by atoms with Crippen molar-refractivity contribution >= 4 is 15.7 Å². The maximum absolute atomic E-state index is 12.6. The highest BCUT2D eigenvalue weighted by Gasteiger charge is 2.19. The van der Waals surface area contributed by atoms with E-state index in [1.807, 2.05) is 56.3 Å². The topological polar surface area (TPSA) is 92.5 Å². The van der Waals surface area contributed by atoms with Crippen molar-refractivity contribution in [2.45, 2.75) is 24.3 Å². The molecule has 1 heterocycles. The van der Waals surface area contributed by atoms with E-state index in [1.165, 1.54) is 0 Å². The standard InChI is InChI=1S/C23H27N3O4S/c1-4-14-31(28,29)19-12-10-18(11-13-19)22-15-20(25-30-22)23(27)24-16-21(26(2)3)17-8-6-5-7-9-17/h5-13,15,21H,4,14,16H2,1-3H3,(H,24,27). The molecule has 0 saturated carbocycles. The number of nitrogens with one attached hydrogen (secondary N) is 1. The third-order valence-corrected chi connectivity index (χ3v) is 6.91. The number of aromatic nitrogens is 1.